The van der Waals surface area contributed by atoms with Gasteiger partial charge in [0, 0.05) is 17.2 Å². The van der Waals surface area contributed by atoms with Gasteiger partial charge in [0.25, 0.3) is 16.8 Å². The second kappa shape index (κ2) is 7.92. The average Bonchev–Trinajstić information content (AvgIpc) is 3.21. The first kappa shape index (κ1) is 18.9. The lowest BCUT2D eigenvalue weighted by Gasteiger charge is -2.23. The Morgan fingerprint density at radius 3 is 2.83 bits per heavy atom. The topological polar surface area (TPSA) is 118 Å². The van der Waals surface area contributed by atoms with E-state index in [1.54, 1.807) is 25.1 Å². The summed E-state index contributed by atoms with van der Waals surface area (Å²) in [7, 11) is 0. The molecule has 3 aromatic rings. The zero-order valence-electron chi connectivity index (χ0n) is 15.2. The Labute approximate surface area is 169 Å². The fourth-order valence-electron chi connectivity index (χ4n) is 2.74. The lowest BCUT2D eigenvalue weighted by molar-refractivity contribution is -0.385. The van der Waals surface area contributed by atoms with E-state index in [1.165, 1.54) is 6.07 Å². The molecule has 9 nitrogen and oxygen atoms in total. The SMILES string of the molecule is Cc1ccc(C(=O)CSc2nnc([C@H]3COc4ccccc4O3)o2)cc1[N+](=O)[O-]. The lowest BCUT2D eigenvalue weighted by Crippen LogP contribution is -2.21. The summed E-state index contributed by atoms with van der Waals surface area (Å²) < 4.78 is 17.0. The van der Waals surface area contributed by atoms with Crippen LogP contribution in [-0.2, 0) is 0 Å². The fourth-order valence-corrected chi connectivity index (χ4v) is 3.40. The molecule has 4 rings (SSSR count). The molecule has 0 fully saturated rings. The average molecular weight is 413 g/mol. The summed E-state index contributed by atoms with van der Waals surface area (Å²) >= 11 is 1.06. The van der Waals surface area contributed by atoms with E-state index in [4.69, 9.17) is 13.9 Å². The second-order valence-corrected chi connectivity index (χ2v) is 7.17. The Hall–Kier alpha value is -3.40. The number of thioether (sulfide) groups is 1. The van der Waals surface area contributed by atoms with Crippen molar-refractivity contribution in [2.24, 2.45) is 0 Å². The van der Waals surface area contributed by atoms with Crippen molar-refractivity contribution in [3.05, 3.63) is 69.6 Å². The number of ether oxygens (including phenoxy) is 2. The van der Waals surface area contributed by atoms with Gasteiger partial charge in [-0.05, 0) is 19.1 Å². The highest BCUT2D eigenvalue weighted by atomic mass is 32.2. The highest BCUT2D eigenvalue weighted by Gasteiger charge is 2.27. The number of nitro benzene ring substituents is 1. The van der Waals surface area contributed by atoms with Crippen LogP contribution in [0.3, 0.4) is 0 Å². The van der Waals surface area contributed by atoms with Crippen LogP contribution in [0.5, 0.6) is 11.5 Å². The van der Waals surface area contributed by atoms with E-state index in [1.807, 2.05) is 18.2 Å². The molecule has 0 radical (unpaired) electrons. The first-order valence-corrected chi connectivity index (χ1v) is 9.63. The number of nitro groups is 1. The molecular formula is C19H15N3O6S. The third-order valence-corrected chi connectivity index (χ3v) is 5.08. The number of carbonyl (C=O) groups excluding carboxylic acids is 1. The van der Waals surface area contributed by atoms with Gasteiger partial charge in [-0.25, -0.2) is 0 Å². The van der Waals surface area contributed by atoms with Gasteiger partial charge in [0.15, 0.2) is 17.3 Å². The minimum Gasteiger partial charge on any atom is -0.485 e. The van der Waals surface area contributed by atoms with Crippen LogP contribution >= 0.6 is 11.8 Å². The Morgan fingerprint density at radius 1 is 1.24 bits per heavy atom. The van der Waals surface area contributed by atoms with Gasteiger partial charge >= 0.3 is 0 Å². The van der Waals surface area contributed by atoms with Gasteiger partial charge in [-0.3, -0.25) is 14.9 Å². The molecule has 2 aromatic carbocycles. The number of carbonyl (C=O) groups is 1. The lowest BCUT2D eigenvalue weighted by atomic mass is 10.1. The molecule has 0 spiro atoms. The highest BCUT2D eigenvalue weighted by molar-refractivity contribution is 7.99. The number of fused-ring (bicyclic) bond motifs is 1. The van der Waals surface area contributed by atoms with Crippen molar-refractivity contribution in [2.45, 2.75) is 18.3 Å². The van der Waals surface area contributed by atoms with Crippen molar-refractivity contribution in [3.8, 4) is 11.5 Å². The first-order valence-electron chi connectivity index (χ1n) is 8.64. The molecule has 0 amide bonds. The van der Waals surface area contributed by atoms with E-state index in [0.717, 1.165) is 11.8 Å². The summed E-state index contributed by atoms with van der Waals surface area (Å²) in [4.78, 5) is 22.9. The normalized spacial score (nSPS) is 15.1. The Morgan fingerprint density at radius 2 is 2.03 bits per heavy atom. The molecule has 2 heterocycles. The summed E-state index contributed by atoms with van der Waals surface area (Å²) in [5.41, 5.74) is 0.669. The number of aryl methyl sites for hydroxylation is 1. The monoisotopic (exact) mass is 413 g/mol. The maximum atomic E-state index is 12.4. The predicted molar refractivity (Wildman–Crippen MR) is 102 cm³/mol. The van der Waals surface area contributed by atoms with Crippen molar-refractivity contribution >= 4 is 23.2 Å². The van der Waals surface area contributed by atoms with Gasteiger partial charge < -0.3 is 13.9 Å². The molecule has 0 unspecified atom stereocenters. The maximum absolute atomic E-state index is 12.4. The van der Waals surface area contributed by atoms with Gasteiger partial charge in [-0.15, -0.1) is 10.2 Å². The predicted octanol–water partition coefficient (Wildman–Crippen LogP) is 3.77. The molecule has 0 bridgehead atoms. The first-order chi connectivity index (χ1) is 14.0. The van der Waals surface area contributed by atoms with Gasteiger partial charge in [-0.1, -0.05) is 36.0 Å². The van der Waals surface area contributed by atoms with Crippen LogP contribution in [0.15, 0.2) is 52.1 Å². The van der Waals surface area contributed by atoms with Gasteiger partial charge in [0.1, 0.15) is 6.61 Å². The maximum Gasteiger partial charge on any atom is 0.277 e. The van der Waals surface area contributed by atoms with Crippen LogP contribution in [-0.4, -0.2) is 33.3 Å². The molecule has 1 atom stereocenters. The summed E-state index contributed by atoms with van der Waals surface area (Å²) in [6.45, 7) is 1.85. The van der Waals surface area contributed by atoms with Crippen molar-refractivity contribution < 1.29 is 23.6 Å². The smallest absolute Gasteiger partial charge is 0.277 e. The van der Waals surface area contributed by atoms with Gasteiger partial charge in [-0.2, -0.15) is 0 Å². The van der Waals surface area contributed by atoms with E-state index in [2.05, 4.69) is 10.2 Å². The number of hydrogen-bond donors (Lipinski definition) is 0. The molecular weight excluding hydrogens is 398 g/mol. The van der Waals surface area contributed by atoms with E-state index in [9.17, 15) is 14.9 Å². The number of rotatable bonds is 6. The molecule has 148 valence electrons. The molecule has 29 heavy (non-hydrogen) atoms. The van der Waals surface area contributed by atoms with E-state index >= 15 is 0 Å². The number of Topliss-reactive ketones (excluding diaryl/α,β-unsaturated/α-hetero) is 1. The Kier molecular flexibility index (Phi) is 5.17. The van der Waals surface area contributed by atoms with Crippen LogP contribution in [0.2, 0.25) is 0 Å². The fraction of sp³-hybridized carbons (Fsp3) is 0.211. The molecule has 1 aliphatic rings. The zero-order chi connectivity index (χ0) is 20.4. The number of ketones is 1. The Bertz CT molecular complexity index is 1080. The quantitative estimate of drug-likeness (QED) is 0.257. The minimum atomic E-state index is -0.540. The van der Waals surface area contributed by atoms with E-state index < -0.39 is 11.0 Å². The van der Waals surface area contributed by atoms with Crippen LogP contribution in [0, 0.1) is 17.0 Å². The van der Waals surface area contributed by atoms with Gasteiger partial charge in [0.2, 0.25) is 6.10 Å². The van der Waals surface area contributed by atoms with Crippen molar-refractivity contribution in [2.75, 3.05) is 12.4 Å². The van der Waals surface area contributed by atoms with Crippen LogP contribution < -0.4 is 9.47 Å². The summed E-state index contributed by atoms with van der Waals surface area (Å²) in [6, 6.07) is 11.7. The number of benzene rings is 2. The molecule has 0 saturated heterocycles. The van der Waals surface area contributed by atoms with Gasteiger partial charge in [0.05, 0.1) is 10.7 Å². The molecule has 10 heteroatoms. The van der Waals surface area contributed by atoms with E-state index in [0.29, 0.717) is 17.1 Å². The number of para-hydroxylation sites is 2. The highest BCUT2D eigenvalue weighted by Crippen LogP contribution is 2.36. The zero-order valence-corrected chi connectivity index (χ0v) is 16.0. The molecule has 1 aromatic heterocycles. The van der Waals surface area contributed by atoms with Crippen LogP contribution in [0.4, 0.5) is 5.69 Å². The molecule has 1 aliphatic heterocycles. The summed E-state index contributed by atoms with van der Waals surface area (Å²) in [5.74, 6) is 1.22. The minimum absolute atomic E-state index is 0.00665. The van der Waals surface area contributed by atoms with E-state index in [-0.39, 0.29) is 40.5 Å². The third kappa shape index (κ3) is 4.06. The second-order valence-electron chi connectivity index (χ2n) is 6.24. The van der Waals surface area contributed by atoms with Crippen molar-refractivity contribution in [1.82, 2.24) is 10.2 Å². The molecule has 0 N–H and O–H groups in total. The number of hydrogen-bond acceptors (Lipinski definition) is 9. The number of aromatic nitrogens is 2. The van der Waals surface area contributed by atoms with Crippen molar-refractivity contribution in [1.29, 1.82) is 0 Å². The van der Waals surface area contributed by atoms with Crippen LogP contribution in [0.25, 0.3) is 0 Å². The summed E-state index contributed by atoms with van der Waals surface area (Å²) in [5, 5.41) is 19.1. The van der Waals surface area contributed by atoms with Crippen LogP contribution in [0.1, 0.15) is 27.9 Å². The third-order valence-electron chi connectivity index (χ3n) is 4.26. The molecule has 0 aliphatic carbocycles. The Balaban J connectivity index is 1.39. The largest absolute Gasteiger partial charge is 0.485 e. The van der Waals surface area contributed by atoms with Crippen molar-refractivity contribution in [3.63, 3.8) is 0 Å². The number of nitrogens with zero attached hydrogens (tertiary/aromatic N) is 3. The summed E-state index contributed by atoms with van der Waals surface area (Å²) in [6.07, 6.45) is -0.540. The molecule has 0 saturated carbocycles. The standard InChI is InChI=1S/C19H15N3O6S/c1-11-6-7-12(8-13(11)22(24)25)14(23)10-29-19-21-20-18(28-19)17-9-26-15-4-2-3-5-16(15)27-17/h2-8,17H,9-10H2,1H3/t17-/m1/s1.